The van der Waals surface area contributed by atoms with Crippen molar-refractivity contribution in [3.63, 3.8) is 0 Å². The van der Waals surface area contributed by atoms with E-state index in [0.717, 1.165) is 0 Å². The topological polar surface area (TPSA) is 122 Å². The summed E-state index contributed by atoms with van der Waals surface area (Å²) in [7, 11) is 1.53. The maximum absolute atomic E-state index is 13.4. The van der Waals surface area contributed by atoms with Crippen LogP contribution in [-0.4, -0.2) is 47.6 Å². The number of phenols is 2. The highest BCUT2D eigenvalue weighted by atomic mass is 16.5. The summed E-state index contributed by atoms with van der Waals surface area (Å²) in [6, 6.07) is 8.26. The molecule has 2 atom stereocenters. The number of carbonyl (C=O) groups is 3. The van der Waals surface area contributed by atoms with Gasteiger partial charge in [0.2, 0.25) is 5.91 Å². The van der Waals surface area contributed by atoms with Crippen molar-refractivity contribution in [2.75, 3.05) is 13.7 Å². The van der Waals surface area contributed by atoms with Crippen molar-refractivity contribution in [1.82, 2.24) is 5.32 Å². The Hall–Kier alpha value is -4.25. The number of Topliss-reactive ketones (excluding diaryl/α,β-unsaturated/α-hetero) is 1. The van der Waals surface area contributed by atoms with E-state index in [1.807, 2.05) is 0 Å². The zero-order valence-electron chi connectivity index (χ0n) is 22.4. The van der Waals surface area contributed by atoms with Crippen LogP contribution in [0.3, 0.4) is 0 Å². The lowest BCUT2D eigenvalue weighted by Gasteiger charge is -2.23. The van der Waals surface area contributed by atoms with Gasteiger partial charge >= 0.3 is 5.97 Å². The van der Waals surface area contributed by atoms with Gasteiger partial charge in [0.25, 0.3) is 0 Å². The number of allylic oxidation sites excluding steroid dienone is 1. The van der Waals surface area contributed by atoms with E-state index >= 15 is 0 Å². The molecule has 0 saturated carbocycles. The number of rotatable bonds is 6. The molecule has 3 rings (SSSR count). The molecular weight excluding hydrogens is 498 g/mol. The van der Waals surface area contributed by atoms with Crippen LogP contribution in [0.25, 0.3) is 6.08 Å². The van der Waals surface area contributed by atoms with E-state index in [2.05, 4.69) is 11.2 Å². The molecule has 8 nitrogen and oxygen atoms in total. The molecule has 0 radical (unpaired) electrons. The Bertz CT molecular complexity index is 1260. The van der Waals surface area contributed by atoms with E-state index in [9.17, 15) is 24.6 Å². The number of benzene rings is 2. The number of phenolic OH excluding ortho intramolecular Hbond substituents is 2. The molecule has 0 spiro atoms. The number of nitrogens with one attached hydrogen (secondary N) is 1. The molecule has 3 N–H and O–H groups in total. The summed E-state index contributed by atoms with van der Waals surface area (Å²) in [5.74, 6) is 0.424. The highest BCUT2D eigenvalue weighted by Crippen LogP contribution is 2.44. The van der Waals surface area contributed by atoms with E-state index in [-0.39, 0.29) is 41.2 Å². The van der Waals surface area contributed by atoms with Gasteiger partial charge in [-0.05, 0) is 61.9 Å². The first-order chi connectivity index (χ1) is 18.7. The Morgan fingerprint density at radius 1 is 1.21 bits per heavy atom. The number of cyclic esters (lactones) is 1. The van der Waals surface area contributed by atoms with Crippen molar-refractivity contribution in [3.05, 3.63) is 58.7 Å². The number of aromatic hydroxyl groups is 2. The van der Waals surface area contributed by atoms with E-state index in [1.165, 1.54) is 13.2 Å². The predicted octanol–water partition coefficient (Wildman–Crippen LogP) is 4.86. The number of esters is 1. The molecule has 0 aromatic heterocycles. The summed E-state index contributed by atoms with van der Waals surface area (Å²) in [6.07, 6.45) is 11.3. The summed E-state index contributed by atoms with van der Waals surface area (Å²) in [4.78, 5) is 38.1. The third kappa shape index (κ3) is 7.87. The number of hydrogen-bond acceptors (Lipinski definition) is 7. The summed E-state index contributed by atoms with van der Waals surface area (Å²) >= 11 is 0. The minimum Gasteiger partial charge on any atom is -0.507 e. The fourth-order valence-electron chi connectivity index (χ4n) is 4.65. The average molecular weight is 534 g/mol. The fraction of sp³-hybridized carbons (Fsp3) is 0.387. The van der Waals surface area contributed by atoms with Crippen molar-refractivity contribution >= 4 is 23.7 Å². The quantitative estimate of drug-likeness (QED) is 0.358. The van der Waals surface area contributed by atoms with Crippen molar-refractivity contribution in [3.8, 4) is 29.6 Å². The number of hydrogen-bond donors (Lipinski definition) is 3. The Labute approximate surface area is 229 Å². The molecule has 0 saturated heterocycles. The van der Waals surface area contributed by atoms with Crippen molar-refractivity contribution < 1.29 is 34.1 Å². The van der Waals surface area contributed by atoms with Gasteiger partial charge in [0.1, 0.15) is 28.6 Å². The second-order valence-corrected chi connectivity index (χ2v) is 9.57. The lowest BCUT2D eigenvalue weighted by atomic mass is 9.84. The third-order valence-electron chi connectivity index (χ3n) is 6.69. The van der Waals surface area contributed by atoms with Gasteiger partial charge < -0.3 is 25.0 Å². The third-order valence-corrected chi connectivity index (χ3v) is 6.69. The molecule has 1 aliphatic rings. The molecule has 8 heteroatoms. The molecule has 2 aromatic rings. The molecular formula is C31H35NO7. The second kappa shape index (κ2) is 14.1. The Balaban J connectivity index is 2.12. The Morgan fingerprint density at radius 3 is 2.62 bits per heavy atom. The van der Waals surface area contributed by atoms with Crippen LogP contribution in [0.15, 0.2) is 36.4 Å². The summed E-state index contributed by atoms with van der Waals surface area (Å²) in [5.41, 5.74) is 0.820. The Kier molecular flexibility index (Phi) is 10.6. The van der Waals surface area contributed by atoms with Crippen LogP contribution in [0.4, 0.5) is 0 Å². The van der Waals surface area contributed by atoms with Crippen LogP contribution in [0.2, 0.25) is 0 Å². The zero-order valence-corrected chi connectivity index (χ0v) is 22.4. The smallest absolute Gasteiger partial charge is 0.342 e. The van der Waals surface area contributed by atoms with Gasteiger partial charge in [0, 0.05) is 30.7 Å². The first-order valence-corrected chi connectivity index (χ1v) is 13.1. The van der Waals surface area contributed by atoms with Crippen LogP contribution < -0.4 is 10.1 Å². The molecule has 0 bridgehead atoms. The minimum absolute atomic E-state index is 0.0247. The summed E-state index contributed by atoms with van der Waals surface area (Å²) < 4.78 is 10.9. The molecule has 39 heavy (non-hydrogen) atoms. The number of terminal acetylenes is 1. The van der Waals surface area contributed by atoms with E-state index in [4.69, 9.17) is 15.9 Å². The van der Waals surface area contributed by atoms with E-state index in [0.29, 0.717) is 49.8 Å². The van der Waals surface area contributed by atoms with E-state index in [1.54, 1.807) is 43.3 Å². The lowest BCUT2D eigenvalue weighted by Crippen LogP contribution is -2.26. The van der Waals surface area contributed by atoms with Gasteiger partial charge in [0.15, 0.2) is 0 Å². The largest absolute Gasteiger partial charge is 0.507 e. The second-order valence-electron chi connectivity index (χ2n) is 9.57. The molecule has 0 fully saturated rings. The van der Waals surface area contributed by atoms with Crippen LogP contribution in [0.1, 0.15) is 84.8 Å². The van der Waals surface area contributed by atoms with E-state index < -0.39 is 29.6 Å². The summed E-state index contributed by atoms with van der Waals surface area (Å²) in [6.45, 7) is 1.76. The fourth-order valence-corrected chi connectivity index (χ4v) is 4.65. The van der Waals surface area contributed by atoms with Gasteiger partial charge in [-0.1, -0.05) is 30.2 Å². The predicted molar refractivity (Wildman–Crippen MR) is 148 cm³/mol. The van der Waals surface area contributed by atoms with Gasteiger partial charge in [-0.15, -0.1) is 6.42 Å². The maximum atomic E-state index is 13.4. The first kappa shape index (κ1) is 29.3. The average Bonchev–Trinajstić information content (AvgIpc) is 2.90. The van der Waals surface area contributed by atoms with Gasteiger partial charge in [-0.3, -0.25) is 9.59 Å². The molecule has 1 amide bonds. The first-order valence-electron chi connectivity index (χ1n) is 13.1. The van der Waals surface area contributed by atoms with Gasteiger partial charge in [-0.25, -0.2) is 4.79 Å². The number of ketones is 1. The van der Waals surface area contributed by atoms with Crippen molar-refractivity contribution in [1.29, 1.82) is 0 Å². The molecule has 0 aliphatic carbocycles. The molecule has 206 valence electrons. The van der Waals surface area contributed by atoms with Crippen LogP contribution in [-0.2, 0) is 14.3 Å². The van der Waals surface area contributed by atoms with Crippen LogP contribution in [0.5, 0.6) is 17.2 Å². The normalized spacial score (nSPS) is 18.0. The van der Waals surface area contributed by atoms with Crippen LogP contribution in [0, 0.1) is 12.3 Å². The Morgan fingerprint density at radius 2 is 1.92 bits per heavy atom. The highest BCUT2D eigenvalue weighted by molar-refractivity contribution is 5.98. The molecule has 1 heterocycles. The minimum atomic E-state index is -0.813. The monoisotopic (exact) mass is 533 g/mol. The number of carbonyl (C=O) groups excluding carboxylic acids is 3. The number of ether oxygens (including phenoxy) is 2. The SMILES string of the molecule is C#CCNC(=O)CC(c1ccc(OC)cc1)c1c(O)cc2c(c1O)C(=O)O[C@@H](C)CCCC(=O)CCC/C=C/2. The van der Waals surface area contributed by atoms with Gasteiger partial charge in [0.05, 0.1) is 19.8 Å². The highest BCUT2D eigenvalue weighted by Gasteiger charge is 2.30. The number of amides is 1. The molecule has 1 aliphatic heterocycles. The number of fused-ring (bicyclic) bond motifs is 1. The number of methoxy groups -OCH3 is 1. The van der Waals surface area contributed by atoms with Gasteiger partial charge in [-0.2, -0.15) is 0 Å². The van der Waals surface area contributed by atoms with Crippen LogP contribution >= 0.6 is 0 Å². The maximum Gasteiger partial charge on any atom is 0.342 e. The molecule has 1 unspecified atom stereocenters. The standard InChI is InChI=1S/C31H35NO7/c1-4-17-32-27(35)19-25(21-13-15-24(38-3)16-14-21)29-26(34)18-22-10-6-5-7-11-23(33)12-8-9-20(2)39-31(37)28(22)30(29)36/h1,6,10,13-16,18,20,25,34,36H,5,7-9,11-12,17,19H2,2-3H3,(H,32,35)/b10-6+/t20-,25?/m0/s1. The van der Waals surface area contributed by atoms with Crippen molar-refractivity contribution in [2.24, 2.45) is 0 Å². The molecule has 2 aromatic carbocycles. The summed E-state index contributed by atoms with van der Waals surface area (Å²) in [5, 5.41) is 25.3. The lowest BCUT2D eigenvalue weighted by molar-refractivity contribution is -0.121. The van der Waals surface area contributed by atoms with Crippen molar-refractivity contribution in [2.45, 2.75) is 63.9 Å². The zero-order chi connectivity index (χ0) is 28.4.